The Morgan fingerprint density at radius 2 is 1.62 bits per heavy atom. The minimum absolute atomic E-state index is 0. The van der Waals surface area contributed by atoms with E-state index < -0.39 is 25.1 Å². The van der Waals surface area contributed by atoms with E-state index in [9.17, 15) is 21.7 Å². The van der Waals surface area contributed by atoms with Crippen molar-refractivity contribution in [3.05, 3.63) is 0 Å². The van der Waals surface area contributed by atoms with Crippen LogP contribution in [0.1, 0.15) is 19.3 Å². The largest absolute Gasteiger partial charge is 1.00 e. The molecule has 0 aromatic rings. The molecule has 13 heavy (non-hydrogen) atoms. The van der Waals surface area contributed by atoms with Crippen molar-refractivity contribution in [1.29, 1.82) is 0 Å². The molecule has 7 heteroatoms. The maximum absolute atomic E-state index is 11.9. The van der Waals surface area contributed by atoms with Gasteiger partial charge in [-0.3, -0.25) is 0 Å². The van der Waals surface area contributed by atoms with Crippen LogP contribution in [0.2, 0.25) is 5.82 Å². The quantitative estimate of drug-likeness (QED) is 0.478. The molecule has 1 saturated carbocycles. The molecule has 0 aromatic heterocycles. The Bertz CT molecular complexity index is 154. The number of alkyl halides is 2. The SMILES string of the molecule is FC(F)CC1CC([B-](F)(F)F)C1.[K+]. The average molecular weight is 226 g/mol. The van der Waals surface area contributed by atoms with E-state index in [1.807, 2.05) is 0 Å². The zero-order valence-electron chi connectivity index (χ0n) is 7.32. The molecule has 0 heterocycles. The van der Waals surface area contributed by atoms with Crippen LogP contribution in [0.3, 0.4) is 0 Å². The summed E-state index contributed by atoms with van der Waals surface area (Å²) < 4.78 is 59.0. The normalized spacial score (nSPS) is 28.2. The van der Waals surface area contributed by atoms with Gasteiger partial charge in [0.05, 0.1) is 0 Å². The molecular formula is C6H9BF5K. The molecular weight excluding hydrogens is 217 g/mol. The van der Waals surface area contributed by atoms with Crippen molar-refractivity contribution in [2.24, 2.45) is 5.92 Å². The predicted octanol–water partition coefficient (Wildman–Crippen LogP) is 0.273. The van der Waals surface area contributed by atoms with Gasteiger partial charge in [-0.15, -0.1) is 0 Å². The molecule has 0 aromatic carbocycles. The first-order valence-electron chi connectivity index (χ1n) is 3.87. The number of rotatable bonds is 3. The zero-order valence-corrected chi connectivity index (χ0v) is 10.4. The van der Waals surface area contributed by atoms with Crippen LogP contribution in [-0.4, -0.2) is 13.4 Å². The number of halogens is 5. The first-order chi connectivity index (χ1) is 5.39. The first kappa shape index (κ1) is 14.4. The molecule has 0 radical (unpaired) electrons. The van der Waals surface area contributed by atoms with Gasteiger partial charge in [0, 0.05) is 6.42 Å². The number of hydrogen-bond acceptors (Lipinski definition) is 0. The Balaban J connectivity index is 0.00000144. The fraction of sp³-hybridized carbons (Fsp3) is 1.00. The summed E-state index contributed by atoms with van der Waals surface area (Å²) in [7, 11) is 0. The minimum Gasteiger partial charge on any atom is -0.449 e. The van der Waals surface area contributed by atoms with Gasteiger partial charge in [-0.25, -0.2) is 8.78 Å². The number of hydrogen-bond donors (Lipinski definition) is 0. The maximum Gasteiger partial charge on any atom is 1.00 e. The summed E-state index contributed by atoms with van der Waals surface area (Å²) in [5, 5.41) is 0. The molecule has 0 bridgehead atoms. The summed E-state index contributed by atoms with van der Waals surface area (Å²) in [4.78, 5) is 0. The Morgan fingerprint density at radius 1 is 1.15 bits per heavy atom. The van der Waals surface area contributed by atoms with E-state index in [1.165, 1.54) is 0 Å². The topological polar surface area (TPSA) is 0 Å². The van der Waals surface area contributed by atoms with Crippen molar-refractivity contribution in [3.63, 3.8) is 0 Å². The Hall–Kier alpha value is 1.35. The molecule has 0 atom stereocenters. The minimum atomic E-state index is -4.78. The van der Waals surface area contributed by atoms with Gasteiger partial charge in [0.15, 0.2) is 0 Å². The van der Waals surface area contributed by atoms with Crippen LogP contribution in [0.15, 0.2) is 0 Å². The Morgan fingerprint density at radius 3 is 1.92 bits per heavy atom. The van der Waals surface area contributed by atoms with E-state index in [1.54, 1.807) is 0 Å². The molecule has 0 amide bonds. The van der Waals surface area contributed by atoms with E-state index >= 15 is 0 Å². The summed E-state index contributed by atoms with van der Waals surface area (Å²) in [6, 6.07) is 0. The molecule has 0 spiro atoms. The van der Waals surface area contributed by atoms with Crippen LogP contribution in [-0.2, 0) is 0 Å². The summed E-state index contributed by atoms with van der Waals surface area (Å²) >= 11 is 0. The van der Waals surface area contributed by atoms with Crippen LogP contribution in [0, 0.1) is 5.92 Å². The third-order valence-corrected chi connectivity index (χ3v) is 2.32. The van der Waals surface area contributed by atoms with Gasteiger partial charge in [-0.2, -0.15) is 0 Å². The molecule has 0 nitrogen and oxygen atoms in total. The van der Waals surface area contributed by atoms with Crippen LogP contribution in [0.25, 0.3) is 0 Å². The molecule has 0 aliphatic heterocycles. The molecule has 1 rings (SSSR count). The fourth-order valence-electron chi connectivity index (χ4n) is 1.54. The molecule has 1 aliphatic rings. The van der Waals surface area contributed by atoms with Crippen molar-refractivity contribution in [3.8, 4) is 0 Å². The monoisotopic (exact) mass is 226 g/mol. The van der Waals surface area contributed by atoms with Gasteiger partial charge in [0.2, 0.25) is 6.43 Å². The summed E-state index contributed by atoms with van der Waals surface area (Å²) in [6.07, 6.45) is -3.01. The Kier molecular flexibility index (Phi) is 6.00. The smallest absolute Gasteiger partial charge is 0.449 e. The molecule has 0 saturated heterocycles. The van der Waals surface area contributed by atoms with E-state index in [0.29, 0.717) is 0 Å². The van der Waals surface area contributed by atoms with Crippen LogP contribution in [0.4, 0.5) is 21.7 Å². The van der Waals surface area contributed by atoms with E-state index in [0.717, 1.165) is 0 Å². The van der Waals surface area contributed by atoms with Gasteiger partial charge in [-0.1, -0.05) is 18.7 Å². The van der Waals surface area contributed by atoms with Gasteiger partial charge < -0.3 is 12.9 Å². The van der Waals surface area contributed by atoms with Crippen LogP contribution in [0.5, 0.6) is 0 Å². The van der Waals surface area contributed by atoms with Crippen LogP contribution >= 0.6 is 0 Å². The fourth-order valence-corrected chi connectivity index (χ4v) is 1.54. The van der Waals surface area contributed by atoms with Gasteiger partial charge in [-0.05, 0) is 5.92 Å². The van der Waals surface area contributed by atoms with Crippen LogP contribution < -0.4 is 51.4 Å². The van der Waals surface area contributed by atoms with E-state index in [2.05, 4.69) is 0 Å². The third-order valence-electron chi connectivity index (χ3n) is 2.32. The third kappa shape index (κ3) is 4.59. The average Bonchev–Trinajstić information content (AvgIpc) is 1.73. The molecule has 0 N–H and O–H groups in total. The molecule has 1 aliphatic carbocycles. The summed E-state index contributed by atoms with van der Waals surface area (Å²) in [5.41, 5.74) is 0. The second kappa shape index (κ2) is 5.44. The van der Waals surface area contributed by atoms with Gasteiger partial charge in [0.25, 0.3) is 0 Å². The molecule has 1 fully saturated rings. The van der Waals surface area contributed by atoms with E-state index in [-0.39, 0.29) is 70.6 Å². The van der Waals surface area contributed by atoms with Crippen molar-refractivity contribution in [2.75, 3.05) is 0 Å². The second-order valence-corrected chi connectivity index (χ2v) is 3.35. The first-order valence-corrected chi connectivity index (χ1v) is 3.87. The van der Waals surface area contributed by atoms with E-state index in [4.69, 9.17) is 0 Å². The molecule has 0 unspecified atom stereocenters. The van der Waals surface area contributed by atoms with Crippen molar-refractivity contribution in [1.82, 2.24) is 0 Å². The van der Waals surface area contributed by atoms with Crippen molar-refractivity contribution in [2.45, 2.75) is 31.5 Å². The van der Waals surface area contributed by atoms with Crippen molar-refractivity contribution < 1.29 is 73.1 Å². The van der Waals surface area contributed by atoms with Crippen molar-refractivity contribution >= 4 is 6.98 Å². The summed E-state index contributed by atoms with van der Waals surface area (Å²) in [6.45, 7) is -4.78. The standard InChI is InChI=1S/C6H9BF5.K/c8-6(9)3-4-1-5(2-4)7(10,11)12;/h4-6H,1-3H2;/q-1;+1. The Labute approximate surface area is 116 Å². The maximum atomic E-state index is 11.9. The predicted molar refractivity (Wildman–Crippen MR) is 36.2 cm³/mol. The van der Waals surface area contributed by atoms with Gasteiger partial charge >= 0.3 is 58.4 Å². The molecule has 72 valence electrons. The second-order valence-electron chi connectivity index (χ2n) is 3.35. The summed E-state index contributed by atoms with van der Waals surface area (Å²) in [5.74, 6) is -1.67. The van der Waals surface area contributed by atoms with Gasteiger partial charge in [0.1, 0.15) is 0 Å². The zero-order chi connectivity index (χ0) is 9.35.